The second-order valence-electron chi connectivity index (χ2n) is 3.58. The molecule has 0 spiro atoms. The van der Waals surface area contributed by atoms with Gasteiger partial charge in [0.2, 0.25) is 0 Å². The molecule has 0 saturated heterocycles. The molecule has 90 valence electrons. The van der Waals surface area contributed by atoms with Crippen LogP contribution in [0, 0.1) is 0 Å². The fourth-order valence-corrected chi connectivity index (χ4v) is 2.44. The molecule has 1 unspecified atom stereocenters. The maximum atomic E-state index is 9.02. The van der Waals surface area contributed by atoms with Crippen molar-refractivity contribution >= 4 is 7.94 Å². The Morgan fingerprint density at radius 1 is 1.25 bits per heavy atom. The Hall–Kier alpha value is -0.710. The van der Waals surface area contributed by atoms with Crippen LogP contribution in [0.3, 0.4) is 0 Å². The molecule has 1 aromatic carbocycles. The zero-order chi connectivity index (χ0) is 12.2. The maximum Gasteiger partial charge on any atom is 0.404 e. The third-order valence-electron chi connectivity index (χ3n) is 2.34. The van der Waals surface area contributed by atoms with Crippen LogP contribution in [-0.2, 0) is 0 Å². The molecular formula is C10H17NO4P+. The van der Waals surface area contributed by atoms with Crippen LogP contribution < -0.4 is 10.5 Å². The van der Waals surface area contributed by atoms with Gasteiger partial charge >= 0.3 is 7.94 Å². The van der Waals surface area contributed by atoms with E-state index in [1.54, 1.807) is 31.4 Å². The molecule has 16 heavy (non-hydrogen) atoms. The molecule has 0 heterocycles. The van der Waals surface area contributed by atoms with E-state index in [1.165, 1.54) is 0 Å². The normalized spacial score (nSPS) is 13.6. The lowest BCUT2D eigenvalue weighted by Crippen LogP contribution is -2.18. The lowest BCUT2D eigenvalue weighted by atomic mass is 10.0. The molecule has 1 rings (SSSR count). The molecule has 0 amide bonds. The van der Waals surface area contributed by atoms with Gasteiger partial charge in [-0.05, 0) is 17.7 Å². The molecule has 0 saturated carbocycles. The van der Waals surface area contributed by atoms with Crippen molar-refractivity contribution in [3.8, 4) is 5.75 Å². The second kappa shape index (κ2) is 5.57. The van der Waals surface area contributed by atoms with Gasteiger partial charge in [0.15, 0.2) is 0 Å². The van der Waals surface area contributed by atoms with Gasteiger partial charge in [0.05, 0.1) is 7.11 Å². The zero-order valence-electron chi connectivity index (χ0n) is 9.08. The maximum absolute atomic E-state index is 9.02. The van der Waals surface area contributed by atoms with Crippen molar-refractivity contribution in [1.29, 1.82) is 0 Å². The summed E-state index contributed by atoms with van der Waals surface area (Å²) in [4.78, 5) is 27.1. The number of hydrogen-bond acceptors (Lipinski definition) is 5. The second-order valence-corrected chi connectivity index (χ2v) is 5.33. The Bertz CT molecular complexity index is 323. The van der Waals surface area contributed by atoms with Gasteiger partial charge in [-0.15, -0.1) is 0 Å². The molecule has 1 aromatic rings. The van der Waals surface area contributed by atoms with Gasteiger partial charge < -0.3 is 10.5 Å². The average Bonchev–Trinajstić information content (AvgIpc) is 2.25. The summed E-state index contributed by atoms with van der Waals surface area (Å²) in [5.74, 6) is 0.455. The molecule has 6 heteroatoms. The van der Waals surface area contributed by atoms with E-state index >= 15 is 0 Å². The van der Waals surface area contributed by atoms with Crippen LogP contribution in [0.5, 0.6) is 5.75 Å². The summed E-state index contributed by atoms with van der Waals surface area (Å²) in [6, 6.07) is 7.13. The van der Waals surface area contributed by atoms with Crippen LogP contribution in [0.15, 0.2) is 24.3 Å². The zero-order valence-corrected chi connectivity index (χ0v) is 9.97. The van der Waals surface area contributed by atoms with E-state index in [0.717, 1.165) is 11.3 Å². The van der Waals surface area contributed by atoms with E-state index in [0.29, 0.717) is 0 Å². The molecule has 0 bridgehead atoms. The van der Waals surface area contributed by atoms with Crippen LogP contribution >= 0.6 is 7.94 Å². The third kappa shape index (κ3) is 4.04. The summed E-state index contributed by atoms with van der Waals surface area (Å²) in [5, 5.41) is 0. The van der Waals surface area contributed by atoms with Gasteiger partial charge in [0, 0.05) is 12.5 Å². The molecule has 5 N–H and O–H groups in total. The molecule has 0 aliphatic carbocycles. The average molecular weight is 246 g/mol. The van der Waals surface area contributed by atoms with Crippen LogP contribution in [-0.4, -0.2) is 34.5 Å². The van der Waals surface area contributed by atoms with Crippen LogP contribution in [0.25, 0.3) is 0 Å². The number of benzene rings is 1. The monoisotopic (exact) mass is 246 g/mol. The summed E-state index contributed by atoms with van der Waals surface area (Å²) in [6.07, 6.45) is -0.115. The van der Waals surface area contributed by atoms with Crippen LogP contribution in [0.4, 0.5) is 0 Å². The molecular weight excluding hydrogens is 229 g/mol. The fraction of sp³-hybridized carbons (Fsp3) is 0.400. The fourth-order valence-electron chi connectivity index (χ4n) is 1.49. The number of methoxy groups -OCH3 is 1. The Labute approximate surface area is 95.1 Å². The SMILES string of the molecule is COc1ccc(C(CN)C[P+](O)(O)O)cc1. The van der Waals surface area contributed by atoms with E-state index in [-0.39, 0.29) is 18.6 Å². The summed E-state index contributed by atoms with van der Waals surface area (Å²) < 4.78 is 5.01. The first-order valence-corrected chi connectivity index (χ1v) is 6.70. The van der Waals surface area contributed by atoms with E-state index in [9.17, 15) is 0 Å². The Morgan fingerprint density at radius 3 is 2.19 bits per heavy atom. The van der Waals surface area contributed by atoms with Gasteiger partial charge in [-0.3, -0.25) is 0 Å². The van der Waals surface area contributed by atoms with Crippen molar-refractivity contribution in [1.82, 2.24) is 0 Å². The van der Waals surface area contributed by atoms with Crippen molar-refractivity contribution in [2.24, 2.45) is 5.73 Å². The predicted octanol–water partition coefficient (Wildman–Crippen LogP) is 0.477. The molecule has 0 aliphatic heterocycles. The van der Waals surface area contributed by atoms with Crippen molar-refractivity contribution in [2.45, 2.75) is 5.92 Å². The lowest BCUT2D eigenvalue weighted by molar-refractivity contribution is 0.326. The summed E-state index contributed by atoms with van der Waals surface area (Å²) in [6.45, 7) is 0.246. The third-order valence-corrected chi connectivity index (χ3v) is 3.27. The highest BCUT2D eigenvalue weighted by atomic mass is 31.2. The topological polar surface area (TPSA) is 95.9 Å². The van der Waals surface area contributed by atoms with Gasteiger partial charge in [-0.1, -0.05) is 12.1 Å². The van der Waals surface area contributed by atoms with E-state index in [1.807, 2.05) is 0 Å². The number of nitrogens with two attached hydrogens (primary N) is 1. The smallest absolute Gasteiger partial charge is 0.404 e. The molecule has 0 aliphatic rings. The highest BCUT2D eigenvalue weighted by Crippen LogP contribution is 2.48. The number of rotatable bonds is 5. The molecule has 0 aromatic heterocycles. The van der Waals surface area contributed by atoms with Crippen LogP contribution in [0.1, 0.15) is 11.5 Å². The predicted molar refractivity (Wildman–Crippen MR) is 63.2 cm³/mol. The highest BCUT2D eigenvalue weighted by Gasteiger charge is 2.34. The van der Waals surface area contributed by atoms with E-state index < -0.39 is 7.94 Å². The van der Waals surface area contributed by atoms with Gasteiger partial charge in [0.25, 0.3) is 0 Å². The first-order chi connectivity index (χ1) is 7.46. The summed E-state index contributed by atoms with van der Waals surface area (Å²) >= 11 is 0. The Morgan fingerprint density at radius 2 is 1.81 bits per heavy atom. The number of ether oxygens (including phenoxy) is 1. The van der Waals surface area contributed by atoms with Gasteiger partial charge in [-0.25, -0.2) is 0 Å². The van der Waals surface area contributed by atoms with Crippen molar-refractivity contribution in [2.75, 3.05) is 19.8 Å². The quantitative estimate of drug-likeness (QED) is 0.567. The van der Waals surface area contributed by atoms with Gasteiger partial charge in [-0.2, -0.15) is 14.7 Å². The van der Waals surface area contributed by atoms with E-state index in [4.69, 9.17) is 25.2 Å². The minimum atomic E-state index is -3.78. The number of hydrogen-bond donors (Lipinski definition) is 4. The first-order valence-electron chi connectivity index (χ1n) is 4.86. The van der Waals surface area contributed by atoms with Crippen LogP contribution in [0.2, 0.25) is 0 Å². The van der Waals surface area contributed by atoms with Gasteiger partial charge in [0.1, 0.15) is 11.9 Å². The van der Waals surface area contributed by atoms with Crippen molar-refractivity contribution in [3.63, 3.8) is 0 Å². The minimum Gasteiger partial charge on any atom is -0.497 e. The largest absolute Gasteiger partial charge is 0.497 e. The lowest BCUT2D eigenvalue weighted by Gasteiger charge is -2.15. The van der Waals surface area contributed by atoms with E-state index in [2.05, 4.69) is 0 Å². The summed E-state index contributed by atoms with van der Waals surface area (Å²) in [5.41, 5.74) is 6.39. The molecule has 5 nitrogen and oxygen atoms in total. The Kier molecular flexibility index (Phi) is 4.65. The Balaban J connectivity index is 2.79. The summed E-state index contributed by atoms with van der Waals surface area (Å²) in [7, 11) is -2.21. The molecule has 1 atom stereocenters. The molecule has 0 fully saturated rings. The highest BCUT2D eigenvalue weighted by molar-refractivity contribution is 7.58. The van der Waals surface area contributed by atoms with Crippen molar-refractivity contribution < 1.29 is 19.4 Å². The molecule has 0 radical (unpaired) electrons. The van der Waals surface area contributed by atoms with Crippen molar-refractivity contribution in [3.05, 3.63) is 29.8 Å². The standard InChI is InChI=1S/C10H17NO4P/c1-15-10-4-2-8(3-5-10)9(6-11)7-16(12,13)14/h2-5,9,12-14H,6-7,11H2,1H3/q+1. The minimum absolute atomic E-state index is 0.115. The first kappa shape index (κ1) is 13.4.